The molecule has 0 radical (unpaired) electrons. The number of nitrogens with zero attached hydrogens (tertiary/aromatic N) is 1. The Labute approximate surface area is 167 Å². The molecule has 1 fully saturated rings. The van der Waals surface area contributed by atoms with E-state index in [9.17, 15) is 0 Å². The summed E-state index contributed by atoms with van der Waals surface area (Å²) in [4.78, 5) is 2.48. The number of aryl methyl sites for hydroxylation is 1. The molecule has 144 valence electrons. The lowest BCUT2D eigenvalue weighted by Crippen LogP contribution is -2.52. The highest BCUT2D eigenvalue weighted by atomic mass is 16.5. The topological polar surface area (TPSA) is 21.7 Å². The van der Waals surface area contributed by atoms with Crippen molar-refractivity contribution in [1.82, 2.24) is 4.90 Å². The molecule has 1 heterocycles. The average Bonchev–Trinajstić information content (AvgIpc) is 2.76. The van der Waals surface area contributed by atoms with Gasteiger partial charge in [-0.2, -0.15) is 0 Å². The summed E-state index contributed by atoms with van der Waals surface area (Å²) in [5.41, 5.74) is 2.29. The highest BCUT2D eigenvalue weighted by Crippen LogP contribution is 2.33. The lowest BCUT2D eigenvalue weighted by Gasteiger charge is -2.44. The van der Waals surface area contributed by atoms with Crippen molar-refractivity contribution in [3.05, 3.63) is 96.6 Å². The summed E-state index contributed by atoms with van der Waals surface area (Å²) < 4.78 is 12.0. The molecule has 2 aromatic carbocycles. The van der Waals surface area contributed by atoms with Crippen molar-refractivity contribution in [2.45, 2.75) is 25.0 Å². The predicted molar refractivity (Wildman–Crippen MR) is 114 cm³/mol. The van der Waals surface area contributed by atoms with Crippen LogP contribution in [-0.2, 0) is 4.74 Å². The summed E-state index contributed by atoms with van der Waals surface area (Å²) >= 11 is 0. The number of ether oxygens (including phenoxy) is 2. The third-order valence-corrected chi connectivity index (χ3v) is 5.59. The quantitative estimate of drug-likeness (QED) is 0.637. The van der Waals surface area contributed by atoms with Crippen molar-refractivity contribution < 1.29 is 9.47 Å². The normalized spacial score (nSPS) is 24.8. The minimum Gasteiger partial charge on any atom is -0.457 e. The largest absolute Gasteiger partial charge is 0.457 e. The summed E-state index contributed by atoms with van der Waals surface area (Å²) in [5.74, 6) is 1.69. The smallest absolute Gasteiger partial charge is 0.127 e. The van der Waals surface area contributed by atoms with E-state index in [2.05, 4.69) is 73.0 Å². The van der Waals surface area contributed by atoms with Crippen LogP contribution in [0, 0.1) is 6.92 Å². The second-order valence-electron chi connectivity index (χ2n) is 7.48. The fourth-order valence-electron chi connectivity index (χ4n) is 3.86. The van der Waals surface area contributed by atoms with Crippen LogP contribution in [-0.4, -0.2) is 30.1 Å². The molecular weight excluding hydrogens is 346 g/mol. The minimum atomic E-state index is -0.106. The van der Waals surface area contributed by atoms with Crippen molar-refractivity contribution in [3.8, 4) is 11.5 Å². The molecule has 3 heteroatoms. The lowest BCUT2D eigenvalue weighted by molar-refractivity contribution is -0.0511. The molecule has 1 saturated heterocycles. The maximum absolute atomic E-state index is 6.09. The van der Waals surface area contributed by atoms with Crippen LogP contribution >= 0.6 is 0 Å². The number of allylic oxidation sites excluding steroid dienone is 2. The van der Waals surface area contributed by atoms with Gasteiger partial charge in [-0.1, -0.05) is 60.2 Å². The predicted octanol–water partition coefficient (Wildman–Crippen LogP) is 5.60. The first kappa shape index (κ1) is 18.7. The van der Waals surface area contributed by atoms with Crippen LogP contribution in [0.4, 0.5) is 0 Å². The SMILES string of the molecule is C=C[C@@]1(N2CCO[C@H](c3ccc(Oc4ccc(C)cc4)cc3)C2)C=CC=CC1. The van der Waals surface area contributed by atoms with Gasteiger partial charge in [0.2, 0.25) is 0 Å². The number of rotatable bonds is 5. The van der Waals surface area contributed by atoms with Gasteiger partial charge in [0.1, 0.15) is 11.5 Å². The number of hydrogen-bond donors (Lipinski definition) is 0. The Morgan fingerprint density at radius 2 is 1.79 bits per heavy atom. The zero-order chi connectivity index (χ0) is 19.4. The molecule has 28 heavy (non-hydrogen) atoms. The average molecular weight is 373 g/mol. The molecule has 0 aromatic heterocycles. The van der Waals surface area contributed by atoms with Crippen LogP contribution < -0.4 is 4.74 Å². The number of morpholine rings is 1. The van der Waals surface area contributed by atoms with Crippen LogP contribution in [0.5, 0.6) is 11.5 Å². The van der Waals surface area contributed by atoms with Crippen LogP contribution in [0.3, 0.4) is 0 Å². The van der Waals surface area contributed by atoms with Crippen LogP contribution in [0.15, 0.2) is 85.5 Å². The Kier molecular flexibility index (Phi) is 5.47. The van der Waals surface area contributed by atoms with Crippen LogP contribution in [0.25, 0.3) is 0 Å². The molecule has 2 atom stereocenters. The Balaban J connectivity index is 1.45. The van der Waals surface area contributed by atoms with Crippen LogP contribution in [0.2, 0.25) is 0 Å². The number of benzene rings is 2. The van der Waals surface area contributed by atoms with Gasteiger partial charge in [0.15, 0.2) is 0 Å². The molecule has 1 aliphatic heterocycles. The minimum absolute atomic E-state index is 0.0540. The standard InChI is InChI=1S/C25H27NO2/c1-3-25(15-5-4-6-16-25)26-17-18-27-24(19-26)21-9-13-23(14-10-21)28-22-11-7-20(2)8-12-22/h3-15,24H,1,16-19H2,2H3/t24-,25+/m0/s1. The van der Waals surface area contributed by atoms with Crippen molar-refractivity contribution >= 4 is 0 Å². The van der Waals surface area contributed by atoms with E-state index in [1.807, 2.05) is 24.3 Å². The van der Waals surface area contributed by atoms with Crippen molar-refractivity contribution in [1.29, 1.82) is 0 Å². The van der Waals surface area contributed by atoms with Gasteiger partial charge >= 0.3 is 0 Å². The van der Waals surface area contributed by atoms with Gasteiger partial charge in [-0.3, -0.25) is 4.90 Å². The third kappa shape index (κ3) is 3.96. The molecule has 4 rings (SSSR count). The maximum atomic E-state index is 6.09. The molecule has 0 N–H and O–H groups in total. The van der Waals surface area contributed by atoms with E-state index in [-0.39, 0.29) is 11.6 Å². The molecule has 1 aliphatic carbocycles. The highest BCUT2D eigenvalue weighted by Gasteiger charge is 2.35. The molecular formula is C25H27NO2. The third-order valence-electron chi connectivity index (χ3n) is 5.59. The molecule has 0 saturated carbocycles. The van der Waals surface area contributed by atoms with Crippen molar-refractivity contribution in [2.75, 3.05) is 19.7 Å². The second kappa shape index (κ2) is 8.17. The highest BCUT2D eigenvalue weighted by molar-refractivity contribution is 5.35. The van der Waals surface area contributed by atoms with Gasteiger partial charge < -0.3 is 9.47 Å². The molecule has 2 aliphatic rings. The Morgan fingerprint density at radius 3 is 2.43 bits per heavy atom. The first-order valence-electron chi connectivity index (χ1n) is 9.88. The van der Waals surface area contributed by atoms with E-state index in [1.54, 1.807) is 0 Å². The Bertz CT molecular complexity index is 866. The monoisotopic (exact) mass is 373 g/mol. The molecule has 0 spiro atoms. The van der Waals surface area contributed by atoms with E-state index >= 15 is 0 Å². The summed E-state index contributed by atoms with van der Waals surface area (Å²) in [7, 11) is 0. The van der Waals surface area contributed by atoms with Gasteiger partial charge in [0.05, 0.1) is 18.2 Å². The van der Waals surface area contributed by atoms with E-state index in [4.69, 9.17) is 9.47 Å². The van der Waals surface area contributed by atoms with Gasteiger partial charge in [-0.05, 0) is 43.2 Å². The molecule has 0 unspecified atom stereocenters. The Hall–Kier alpha value is -2.62. The van der Waals surface area contributed by atoms with Gasteiger partial charge in [-0.15, -0.1) is 6.58 Å². The van der Waals surface area contributed by atoms with Crippen molar-refractivity contribution in [2.24, 2.45) is 0 Å². The summed E-state index contributed by atoms with van der Waals surface area (Å²) in [5, 5.41) is 0. The number of hydrogen-bond acceptors (Lipinski definition) is 3. The van der Waals surface area contributed by atoms with E-state index < -0.39 is 0 Å². The lowest BCUT2D eigenvalue weighted by atomic mass is 9.88. The molecule has 3 nitrogen and oxygen atoms in total. The van der Waals surface area contributed by atoms with Gasteiger partial charge in [0.25, 0.3) is 0 Å². The summed E-state index contributed by atoms with van der Waals surface area (Å²) in [6.45, 7) is 8.66. The summed E-state index contributed by atoms with van der Waals surface area (Å²) in [6, 6.07) is 16.3. The molecule has 0 bridgehead atoms. The second-order valence-corrected chi connectivity index (χ2v) is 7.48. The Morgan fingerprint density at radius 1 is 1.07 bits per heavy atom. The van der Waals surface area contributed by atoms with E-state index in [1.165, 1.54) is 11.1 Å². The molecule has 0 amide bonds. The van der Waals surface area contributed by atoms with E-state index in [0.717, 1.165) is 37.6 Å². The van der Waals surface area contributed by atoms with Crippen molar-refractivity contribution in [3.63, 3.8) is 0 Å². The zero-order valence-electron chi connectivity index (χ0n) is 16.4. The maximum Gasteiger partial charge on any atom is 0.127 e. The van der Waals surface area contributed by atoms with Crippen LogP contribution in [0.1, 0.15) is 23.7 Å². The first-order valence-corrected chi connectivity index (χ1v) is 9.88. The van der Waals surface area contributed by atoms with Gasteiger partial charge in [0, 0.05) is 13.1 Å². The first-order chi connectivity index (χ1) is 13.7. The fourth-order valence-corrected chi connectivity index (χ4v) is 3.86. The summed E-state index contributed by atoms with van der Waals surface area (Å²) in [6.07, 6.45) is 11.8. The molecule has 2 aromatic rings. The van der Waals surface area contributed by atoms with E-state index in [0.29, 0.717) is 0 Å². The zero-order valence-corrected chi connectivity index (χ0v) is 16.4. The fraction of sp³-hybridized carbons (Fsp3) is 0.280. The van der Waals surface area contributed by atoms with Gasteiger partial charge in [-0.25, -0.2) is 0 Å².